The summed E-state index contributed by atoms with van der Waals surface area (Å²) in [6.45, 7) is 4.57. The lowest BCUT2D eigenvalue weighted by Gasteiger charge is -2.29. The number of hydrogen-bond donors (Lipinski definition) is 1. The molecule has 0 aliphatic carbocycles. The fourth-order valence-corrected chi connectivity index (χ4v) is 2.91. The second kappa shape index (κ2) is 10.8. The molecule has 4 nitrogen and oxygen atoms in total. The topological polar surface area (TPSA) is 49.4 Å². The van der Waals surface area contributed by atoms with Gasteiger partial charge in [-0.05, 0) is 48.7 Å². The first kappa shape index (κ1) is 21.9. The number of amides is 2. The van der Waals surface area contributed by atoms with Gasteiger partial charge in [0.1, 0.15) is 11.9 Å². The number of hydrogen-bond acceptors (Lipinski definition) is 2. The maximum absolute atomic E-state index is 13.2. The van der Waals surface area contributed by atoms with Crippen molar-refractivity contribution in [3.63, 3.8) is 0 Å². The normalized spacial score (nSPS) is 11.7. The van der Waals surface area contributed by atoms with Crippen molar-refractivity contribution >= 4 is 23.4 Å². The fourth-order valence-electron chi connectivity index (χ4n) is 2.78. The molecule has 2 amide bonds. The number of benzene rings is 2. The molecule has 0 aliphatic heterocycles. The standard InChI is InChI=1S/C22H26ClFN2O2/c1-3-4-13-25-22(28)16(2)26(15-18-7-11-20(24)12-8-18)21(27)14-17-5-9-19(23)10-6-17/h5-12,16H,3-4,13-15H2,1-2H3,(H,25,28)/t16-/m1/s1. The zero-order valence-electron chi connectivity index (χ0n) is 16.3. The maximum Gasteiger partial charge on any atom is 0.242 e. The highest BCUT2D eigenvalue weighted by Crippen LogP contribution is 2.15. The number of nitrogens with one attached hydrogen (secondary N) is 1. The van der Waals surface area contributed by atoms with E-state index < -0.39 is 6.04 Å². The summed E-state index contributed by atoms with van der Waals surface area (Å²) in [4.78, 5) is 27.0. The van der Waals surface area contributed by atoms with Gasteiger partial charge in [-0.2, -0.15) is 0 Å². The lowest BCUT2D eigenvalue weighted by Crippen LogP contribution is -2.48. The number of rotatable bonds is 9. The third-order valence-corrected chi connectivity index (χ3v) is 4.78. The Morgan fingerprint density at radius 1 is 1.07 bits per heavy atom. The molecule has 0 heterocycles. The molecule has 2 aromatic rings. The van der Waals surface area contributed by atoms with E-state index in [0.717, 1.165) is 24.0 Å². The number of carbonyl (C=O) groups is 2. The van der Waals surface area contributed by atoms with E-state index in [0.29, 0.717) is 11.6 Å². The fraction of sp³-hybridized carbons (Fsp3) is 0.364. The quantitative estimate of drug-likeness (QED) is 0.631. The van der Waals surface area contributed by atoms with Gasteiger partial charge in [-0.3, -0.25) is 9.59 Å². The van der Waals surface area contributed by atoms with E-state index in [4.69, 9.17) is 11.6 Å². The third-order valence-electron chi connectivity index (χ3n) is 4.53. The van der Waals surface area contributed by atoms with Crippen LogP contribution in [-0.2, 0) is 22.6 Å². The maximum atomic E-state index is 13.2. The van der Waals surface area contributed by atoms with E-state index in [2.05, 4.69) is 5.32 Å². The second-order valence-electron chi connectivity index (χ2n) is 6.77. The molecule has 6 heteroatoms. The Kier molecular flexibility index (Phi) is 8.45. The van der Waals surface area contributed by atoms with Crippen LogP contribution in [0.4, 0.5) is 4.39 Å². The molecule has 28 heavy (non-hydrogen) atoms. The second-order valence-corrected chi connectivity index (χ2v) is 7.21. The van der Waals surface area contributed by atoms with Crippen molar-refractivity contribution in [3.8, 4) is 0 Å². The Bertz CT molecular complexity index is 778. The monoisotopic (exact) mass is 404 g/mol. The molecule has 0 unspecified atom stereocenters. The third kappa shape index (κ3) is 6.64. The van der Waals surface area contributed by atoms with Crippen molar-refractivity contribution in [2.75, 3.05) is 6.54 Å². The summed E-state index contributed by atoms with van der Waals surface area (Å²) in [5.41, 5.74) is 1.58. The van der Waals surface area contributed by atoms with Gasteiger partial charge in [0, 0.05) is 18.1 Å². The van der Waals surface area contributed by atoms with Crippen LogP contribution in [0.3, 0.4) is 0 Å². The molecule has 0 fully saturated rings. The molecule has 1 N–H and O–H groups in total. The van der Waals surface area contributed by atoms with Crippen LogP contribution in [0.2, 0.25) is 5.02 Å². The van der Waals surface area contributed by atoms with Gasteiger partial charge in [-0.15, -0.1) is 0 Å². The van der Waals surface area contributed by atoms with Crippen molar-refractivity contribution in [1.29, 1.82) is 0 Å². The van der Waals surface area contributed by atoms with Gasteiger partial charge in [-0.25, -0.2) is 4.39 Å². The van der Waals surface area contributed by atoms with Gasteiger partial charge < -0.3 is 10.2 Å². The molecular formula is C22H26ClFN2O2. The predicted octanol–water partition coefficient (Wildman–Crippen LogP) is 4.36. The van der Waals surface area contributed by atoms with Crippen molar-refractivity contribution < 1.29 is 14.0 Å². The SMILES string of the molecule is CCCCNC(=O)[C@@H](C)N(Cc1ccc(F)cc1)C(=O)Cc1ccc(Cl)cc1. The highest BCUT2D eigenvalue weighted by molar-refractivity contribution is 6.30. The number of nitrogens with zero attached hydrogens (tertiary/aromatic N) is 1. The molecule has 2 rings (SSSR count). The van der Waals surface area contributed by atoms with Gasteiger partial charge in [0.15, 0.2) is 0 Å². The average Bonchev–Trinajstić information content (AvgIpc) is 2.68. The summed E-state index contributed by atoms with van der Waals surface area (Å²) in [5, 5.41) is 3.47. The van der Waals surface area contributed by atoms with Crippen LogP contribution in [0.25, 0.3) is 0 Å². The average molecular weight is 405 g/mol. The van der Waals surface area contributed by atoms with E-state index >= 15 is 0 Å². The molecule has 0 radical (unpaired) electrons. The minimum absolute atomic E-state index is 0.158. The first-order chi connectivity index (χ1) is 13.4. The molecule has 1 atom stereocenters. The van der Waals surface area contributed by atoms with E-state index in [1.165, 1.54) is 17.0 Å². The Labute approximate surface area is 170 Å². The summed E-state index contributed by atoms with van der Waals surface area (Å²) in [6.07, 6.45) is 2.02. The lowest BCUT2D eigenvalue weighted by atomic mass is 10.1. The highest BCUT2D eigenvalue weighted by Gasteiger charge is 2.26. The molecule has 0 spiro atoms. The molecule has 0 aliphatic rings. The van der Waals surface area contributed by atoms with Crippen molar-refractivity contribution in [3.05, 3.63) is 70.5 Å². The van der Waals surface area contributed by atoms with Gasteiger partial charge in [0.25, 0.3) is 0 Å². The highest BCUT2D eigenvalue weighted by atomic mass is 35.5. The molecule has 0 saturated carbocycles. The Morgan fingerprint density at radius 2 is 1.68 bits per heavy atom. The van der Waals surface area contributed by atoms with Crippen LogP contribution in [-0.4, -0.2) is 29.3 Å². The smallest absolute Gasteiger partial charge is 0.242 e. The van der Waals surface area contributed by atoms with E-state index in [1.807, 2.05) is 6.92 Å². The summed E-state index contributed by atoms with van der Waals surface area (Å²) in [6, 6.07) is 12.4. The minimum Gasteiger partial charge on any atom is -0.354 e. The first-order valence-corrected chi connectivity index (χ1v) is 9.84. The molecule has 150 valence electrons. The minimum atomic E-state index is -0.637. The van der Waals surface area contributed by atoms with E-state index in [9.17, 15) is 14.0 Å². The zero-order chi connectivity index (χ0) is 20.5. The summed E-state index contributed by atoms with van der Waals surface area (Å²) in [5.74, 6) is -0.710. The lowest BCUT2D eigenvalue weighted by molar-refractivity contribution is -0.140. The predicted molar refractivity (Wildman–Crippen MR) is 109 cm³/mol. The van der Waals surface area contributed by atoms with Crippen molar-refractivity contribution in [2.45, 2.75) is 45.7 Å². The van der Waals surface area contributed by atoms with Crippen molar-refractivity contribution in [2.24, 2.45) is 0 Å². The number of unbranched alkanes of at least 4 members (excludes halogenated alkanes) is 1. The largest absolute Gasteiger partial charge is 0.354 e. The zero-order valence-corrected chi connectivity index (χ0v) is 17.0. The van der Waals surface area contributed by atoms with Gasteiger partial charge >= 0.3 is 0 Å². The molecular weight excluding hydrogens is 379 g/mol. The van der Waals surface area contributed by atoms with E-state index in [1.54, 1.807) is 43.3 Å². The first-order valence-electron chi connectivity index (χ1n) is 9.46. The van der Waals surface area contributed by atoms with Crippen LogP contribution in [0.15, 0.2) is 48.5 Å². The van der Waals surface area contributed by atoms with Crippen molar-refractivity contribution in [1.82, 2.24) is 10.2 Å². The van der Waals surface area contributed by atoms with Gasteiger partial charge in [0.05, 0.1) is 6.42 Å². The van der Waals surface area contributed by atoms with Crippen LogP contribution in [0, 0.1) is 5.82 Å². The number of carbonyl (C=O) groups excluding carboxylic acids is 2. The Morgan fingerprint density at radius 3 is 2.29 bits per heavy atom. The summed E-state index contributed by atoms with van der Waals surface area (Å²) >= 11 is 5.90. The number of halogens is 2. The van der Waals surface area contributed by atoms with E-state index in [-0.39, 0.29) is 30.6 Å². The molecule has 2 aromatic carbocycles. The molecule has 0 saturated heterocycles. The molecule has 0 aromatic heterocycles. The van der Waals surface area contributed by atoms with Crippen LogP contribution in [0.1, 0.15) is 37.8 Å². The van der Waals surface area contributed by atoms with Crippen LogP contribution >= 0.6 is 11.6 Å². The Balaban J connectivity index is 2.15. The molecule has 0 bridgehead atoms. The van der Waals surface area contributed by atoms with Crippen LogP contribution < -0.4 is 5.32 Å². The van der Waals surface area contributed by atoms with Gasteiger partial charge in [-0.1, -0.05) is 49.2 Å². The van der Waals surface area contributed by atoms with Gasteiger partial charge in [0.2, 0.25) is 11.8 Å². The summed E-state index contributed by atoms with van der Waals surface area (Å²) < 4.78 is 13.2. The Hall–Kier alpha value is -2.40. The summed E-state index contributed by atoms with van der Waals surface area (Å²) in [7, 11) is 0. The van der Waals surface area contributed by atoms with Crippen LogP contribution in [0.5, 0.6) is 0 Å².